The molecule has 2 N–H and O–H groups in total. The predicted molar refractivity (Wildman–Crippen MR) is 125 cm³/mol. The zero-order valence-corrected chi connectivity index (χ0v) is 19.2. The van der Waals surface area contributed by atoms with Crippen LogP contribution in [0.3, 0.4) is 0 Å². The monoisotopic (exact) mass is 498 g/mol. The number of aromatic nitrogens is 1. The minimum atomic E-state index is 0. The third kappa shape index (κ3) is 7.92. The van der Waals surface area contributed by atoms with Crippen molar-refractivity contribution in [3.63, 3.8) is 0 Å². The molecule has 6 nitrogen and oxygen atoms in total. The molecule has 2 aromatic rings. The second-order valence-corrected chi connectivity index (χ2v) is 6.08. The average Bonchev–Trinajstić information content (AvgIpc) is 2.72. The number of para-hydroxylation sites is 1. The fourth-order valence-electron chi connectivity index (χ4n) is 2.63. The number of halogens is 1. The molecule has 0 saturated heterocycles. The van der Waals surface area contributed by atoms with E-state index in [1.54, 1.807) is 20.4 Å². The number of guanidine groups is 1. The van der Waals surface area contributed by atoms with E-state index in [9.17, 15) is 0 Å². The Bertz CT molecular complexity index is 725. The molecule has 0 aliphatic rings. The van der Waals surface area contributed by atoms with E-state index in [4.69, 9.17) is 9.47 Å². The highest BCUT2D eigenvalue weighted by Gasteiger charge is 2.06. The number of pyridine rings is 1. The minimum absolute atomic E-state index is 0. The maximum absolute atomic E-state index is 5.78. The molecule has 0 bridgehead atoms. The summed E-state index contributed by atoms with van der Waals surface area (Å²) in [6.07, 6.45) is 4.73. The van der Waals surface area contributed by atoms with Crippen LogP contribution >= 0.6 is 24.0 Å². The van der Waals surface area contributed by atoms with Crippen molar-refractivity contribution in [1.29, 1.82) is 0 Å². The molecular weight excluding hydrogens is 467 g/mol. The van der Waals surface area contributed by atoms with Gasteiger partial charge in [-0.25, -0.2) is 4.98 Å². The topological polar surface area (TPSA) is 67.8 Å². The first-order valence-corrected chi connectivity index (χ1v) is 9.41. The number of hydrogen-bond acceptors (Lipinski definition) is 4. The molecular formula is C21H31IN4O2. The molecule has 28 heavy (non-hydrogen) atoms. The Morgan fingerprint density at radius 2 is 1.89 bits per heavy atom. The third-order valence-corrected chi connectivity index (χ3v) is 4.14. The van der Waals surface area contributed by atoms with Crippen molar-refractivity contribution in [2.45, 2.75) is 32.7 Å². The lowest BCUT2D eigenvalue weighted by atomic mass is 10.1. The molecule has 0 aliphatic heterocycles. The number of rotatable bonds is 10. The summed E-state index contributed by atoms with van der Waals surface area (Å²) >= 11 is 0. The fraction of sp³-hybridized carbons (Fsp3) is 0.429. The van der Waals surface area contributed by atoms with Crippen LogP contribution in [-0.4, -0.2) is 38.3 Å². The first kappa shape index (κ1) is 24.0. The molecule has 0 amide bonds. The number of nitrogens with one attached hydrogen (secondary N) is 2. The molecule has 0 saturated carbocycles. The first-order chi connectivity index (χ1) is 13.3. The van der Waals surface area contributed by atoms with Gasteiger partial charge in [-0.3, -0.25) is 4.99 Å². The van der Waals surface area contributed by atoms with Crippen molar-refractivity contribution in [1.82, 2.24) is 15.6 Å². The second-order valence-electron chi connectivity index (χ2n) is 6.08. The van der Waals surface area contributed by atoms with Gasteiger partial charge in [0, 0.05) is 31.9 Å². The van der Waals surface area contributed by atoms with Gasteiger partial charge < -0.3 is 20.1 Å². The number of unbranched alkanes of at least 4 members (excludes halogenated alkanes) is 1. The number of nitrogens with zero attached hydrogens (tertiary/aromatic N) is 2. The first-order valence-electron chi connectivity index (χ1n) is 9.41. The molecule has 0 atom stereocenters. The van der Waals surface area contributed by atoms with Crippen molar-refractivity contribution in [2.75, 3.05) is 27.3 Å². The van der Waals surface area contributed by atoms with Gasteiger partial charge in [-0.15, -0.1) is 24.0 Å². The summed E-state index contributed by atoms with van der Waals surface area (Å²) in [5, 5.41) is 6.65. The quantitative estimate of drug-likeness (QED) is 0.226. The lowest BCUT2D eigenvalue weighted by molar-refractivity contribution is 0.294. The van der Waals surface area contributed by atoms with Crippen molar-refractivity contribution in [2.24, 2.45) is 4.99 Å². The van der Waals surface area contributed by atoms with Gasteiger partial charge in [0.05, 0.1) is 13.7 Å². The fourth-order valence-corrected chi connectivity index (χ4v) is 2.63. The summed E-state index contributed by atoms with van der Waals surface area (Å²) in [5.41, 5.74) is 2.18. The van der Waals surface area contributed by atoms with Crippen LogP contribution in [0.25, 0.3) is 0 Å². The van der Waals surface area contributed by atoms with E-state index < -0.39 is 0 Å². The molecule has 0 unspecified atom stereocenters. The van der Waals surface area contributed by atoms with Gasteiger partial charge in [-0.2, -0.15) is 0 Å². The summed E-state index contributed by atoms with van der Waals surface area (Å²) < 4.78 is 11.2. The van der Waals surface area contributed by atoms with E-state index in [1.165, 1.54) is 5.56 Å². The SMILES string of the molecule is CCCCOc1ncccc1CNC(=NC)NCCc1ccccc1OC.I. The zero-order valence-electron chi connectivity index (χ0n) is 16.9. The molecule has 7 heteroatoms. The maximum atomic E-state index is 5.78. The Kier molecular flexibility index (Phi) is 12.0. The molecule has 2 rings (SSSR count). The van der Waals surface area contributed by atoms with Gasteiger partial charge in [0.1, 0.15) is 5.75 Å². The Balaban J connectivity index is 0.00000392. The van der Waals surface area contributed by atoms with Crippen LogP contribution < -0.4 is 20.1 Å². The number of benzene rings is 1. The van der Waals surface area contributed by atoms with E-state index in [1.807, 2.05) is 30.3 Å². The number of hydrogen-bond donors (Lipinski definition) is 2. The van der Waals surface area contributed by atoms with Crippen LogP contribution in [-0.2, 0) is 13.0 Å². The van der Waals surface area contributed by atoms with E-state index in [-0.39, 0.29) is 24.0 Å². The van der Waals surface area contributed by atoms with Gasteiger partial charge in [-0.05, 0) is 30.5 Å². The third-order valence-electron chi connectivity index (χ3n) is 4.14. The second kappa shape index (κ2) is 14.0. The van der Waals surface area contributed by atoms with E-state index in [2.05, 4.69) is 33.6 Å². The molecule has 0 fully saturated rings. The van der Waals surface area contributed by atoms with Gasteiger partial charge in [0.15, 0.2) is 5.96 Å². The van der Waals surface area contributed by atoms with Crippen molar-refractivity contribution in [3.8, 4) is 11.6 Å². The van der Waals surface area contributed by atoms with Crippen LogP contribution in [0, 0.1) is 0 Å². The molecule has 1 aromatic heterocycles. The summed E-state index contributed by atoms with van der Waals surface area (Å²) in [6, 6.07) is 12.0. The van der Waals surface area contributed by atoms with Crippen LogP contribution in [0.1, 0.15) is 30.9 Å². The molecule has 0 radical (unpaired) electrons. The number of aliphatic imine (C=N–C) groups is 1. The largest absolute Gasteiger partial charge is 0.496 e. The minimum Gasteiger partial charge on any atom is -0.496 e. The zero-order chi connectivity index (χ0) is 19.3. The highest BCUT2D eigenvalue weighted by atomic mass is 127. The lowest BCUT2D eigenvalue weighted by Crippen LogP contribution is -2.38. The molecule has 1 aromatic carbocycles. The van der Waals surface area contributed by atoms with Crippen molar-refractivity contribution >= 4 is 29.9 Å². The Hall–Kier alpha value is -2.03. The Morgan fingerprint density at radius 1 is 1.11 bits per heavy atom. The van der Waals surface area contributed by atoms with E-state index in [0.717, 1.165) is 43.1 Å². The van der Waals surface area contributed by atoms with Crippen LogP contribution in [0.5, 0.6) is 11.6 Å². The molecule has 0 aliphatic carbocycles. The van der Waals surface area contributed by atoms with Crippen LogP contribution in [0.15, 0.2) is 47.6 Å². The highest BCUT2D eigenvalue weighted by molar-refractivity contribution is 14.0. The molecule has 1 heterocycles. The van der Waals surface area contributed by atoms with Crippen LogP contribution in [0.2, 0.25) is 0 Å². The van der Waals surface area contributed by atoms with Gasteiger partial charge in [-0.1, -0.05) is 37.6 Å². The van der Waals surface area contributed by atoms with Gasteiger partial charge in [0.25, 0.3) is 0 Å². The summed E-state index contributed by atoms with van der Waals surface area (Å²) in [4.78, 5) is 8.62. The summed E-state index contributed by atoms with van der Waals surface area (Å²) in [6.45, 7) is 4.19. The van der Waals surface area contributed by atoms with Crippen molar-refractivity contribution < 1.29 is 9.47 Å². The highest BCUT2D eigenvalue weighted by Crippen LogP contribution is 2.17. The van der Waals surface area contributed by atoms with Crippen LogP contribution in [0.4, 0.5) is 0 Å². The normalized spacial score (nSPS) is 10.8. The maximum Gasteiger partial charge on any atom is 0.218 e. The van der Waals surface area contributed by atoms with Gasteiger partial charge >= 0.3 is 0 Å². The Morgan fingerprint density at radius 3 is 2.64 bits per heavy atom. The smallest absolute Gasteiger partial charge is 0.218 e. The number of ether oxygens (including phenoxy) is 2. The number of methoxy groups -OCH3 is 1. The van der Waals surface area contributed by atoms with Crippen molar-refractivity contribution in [3.05, 3.63) is 53.7 Å². The molecule has 0 spiro atoms. The Labute approximate surface area is 185 Å². The lowest BCUT2D eigenvalue weighted by Gasteiger charge is -2.14. The van der Waals surface area contributed by atoms with E-state index in [0.29, 0.717) is 19.0 Å². The summed E-state index contributed by atoms with van der Waals surface area (Å²) in [7, 11) is 3.46. The predicted octanol–water partition coefficient (Wildman–Crippen LogP) is 3.79. The van der Waals surface area contributed by atoms with E-state index >= 15 is 0 Å². The average molecular weight is 498 g/mol. The molecule has 154 valence electrons. The summed E-state index contributed by atoms with van der Waals surface area (Å²) in [5.74, 6) is 2.34. The standard InChI is InChI=1S/C21H30N4O2.HI/c1-4-5-15-27-20-18(10-8-13-23-20)16-25-21(22-2)24-14-12-17-9-6-7-11-19(17)26-3;/h6-11,13H,4-5,12,14-16H2,1-3H3,(H2,22,24,25);1H. The van der Waals surface area contributed by atoms with Gasteiger partial charge in [0.2, 0.25) is 5.88 Å².